The van der Waals surface area contributed by atoms with Gasteiger partial charge in [0, 0.05) is 11.4 Å². The van der Waals surface area contributed by atoms with E-state index in [1.54, 1.807) is 0 Å². The molecule has 1 heterocycles. The van der Waals surface area contributed by atoms with Crippen molar-refractivity contribution in [2.45, 2.75) is 58.5 Å². The molecule has 1 aromatic heterocycles. The first-order chi connectivity index (χ1) is 10.1. The highest BCUT2D eigenvalue weighted by Crippen LogP contribution is 2.31. The molecule has 0 bridgehead atoms. The van der Waals surface area contributed by atoms with E-state index in [1.807, 2.05) is 12.1 Å². The Labute approximate surface area is 127 Å². The van der Waals surface area contributed by atoms with Crippen LogP contribution in [-0.2, 0) is 0 Å². The smallest absolute Gasteiger partial charge is 0.134 e. The van der Waals surface area contributed by atoms with Gasteiger partial charge in [-0.1, -0.05) is 44.9 Å². The van der Waals surface area contributed by atoms with Crippen LogP contribution in [0, 0.1) is 11.8 Å². The van der Waals surface area contributed by atoms with Gasteiger partial charge in [0.1, 0.15) is 11.3 Å². The average Bonchev–Trinajstić information content (AvgIpc) is 2.91. The van der Waals surface area contributed by atoms with E-state index in [9.17, 15) is 0 Å². The number of fused-ring (bicyclic) bond motifs is 1. The third-order valence-corrected chi connectivity index (χ3v) is 5.01. The molecule has 1 aliphatic rings. The molecule has 3 atom stereocenters. The Morgan fingerprint density at radius 3 is 2.71 bits per heavy atom. The maximum absolute atomic E-state index is 5.98. The van der Waals surface area contributed by atoms with E-state index in [-0.39, 0.29) is 6.04 Å². The predicted octanol–water partition coefficient (Wildman–Crippen LogP) is 5.30. The molecule has 3 unspecified atom stereocenters. The van der Waals surface area contributed by atoms with Gasteiger partial charge in [0.2, 0.25) is 0 Å². The van der Waals surface area contributed by atoms with Crippen molar-refractivity contribution >= 4 is 11.0 Å². The van der Waals surface area contributed by atoms with Crippen LogP contribution in [0.4, 0.5) is 0 Å². The van der Waals surface area contributed by atoms with Crippen LogP contribution in [0.2, 0.25) is 0 Å². The van der Waals surface area contributed by atoms with Crippen molar-refractivity contribution in [2.24, 2.45) is 11.8 Å². The zero-order chi connectivity index (χ0) is 14.8. The lowest BCUT2D eigenvalue weighted by molar-refractivity contribution is 0.218. The standard InChI is InChI=1S/C19H27NO/c1-13(2)15-8-6-9-17(11-15)20-14(3)19-12-16-7-4-5-10-18(16)21-19/h4-5,7,10,12-15,17,20H,6,8-9,11H2,1-3H3. The van der Waals surface area contributed by atoms with Gasteiger partial charge in [-0.2, -0.15) is 0 Å². The van der Waals surface area contributed by atoms with Gasteiger partial charge in [0.15, 0.2) is 0 Å². The first kappa shape index (κ1) is 14.6. The summed E-state index contributed by atoms with van der Waals surface area (Å²) in [6, 6.07) is 11.3. The highest BCUT2D eigenvalue weighted by atomic mass is 16.3. The van der Waals surface area contributed by atoms with Gasteiger partial charge >= 0.3 is 0 Å². The second-order valence-electron chi connectivity index (χ2n) is 6.94. The highest BCUT2D eigenvalue weighted by molar-refractivity contribution is 5.77. The summed E-state index contributed by atoms with van der Waals surface area (Å²) in [6.07, 6.45) is 5.36. The van der Waals surface area contributed by atoms with Crippen LogP contribution in [0.1, 0.15) is 58.3 Å². The SMILES string of the molecule is CC(NC1CCCC(C(C)C)C1)c1cc2ccccc2o1. The molecule has 0 amide bonds. The Hall–Kier alpha value is -1.28. The molecular formula is C19H27NO. The molecule has 114 valence electrons. The summed E-state index contributed by atoms with van der Waals surface area (Å²) in [6.45, 7) is 6.93. The lowest BCUT2D eigenvalue weighted by atomic mass is 9.79. The van der Waals surface area contributed by atoms with Crippen LogP contribution in [0.3, 0.4) is 0 Å². The van der Waals surface area contributed by atoms with Crippen molar-refractivity contribution in [3.05, 3.63) is 36.1 Å². The second kappa shape index (κ2) is 6.23. The number of hydrogen-bond donors (Lipinski definition) is 1. The van der Waals surface area contributed by atoms with Crippen LogP contribution in [0.25, 0.3) is 11.0 Å². The van der Waals surface area contributed by atoms with E-state index in [0.717, 1.165) is 23.2 Å². The molecule has 1 fully saturated rings. The molecule has 0 spiro atoms. The minimum Gasteiger partial charge on any atom is -0.459 e. The van der Waals surface area contributed by atoms with Crippen LogP contribution < -0.4 is 5.32 Å². The molecule has 2 nitrogen and oxygen atoms in total. The number of benzene rings is 1. The topological polar surface area (TPSA) is 25.2 Å². The first-order valence-corrected chi connectivity index (χ1v) is 8.38. The average molecular weight is 285 g/mol. The van der Waals surface area contributed by atoms with Gasteiger partial charge in [0.25, 0.3) is 0 Å². The Morgan fingerprint density at radius 1 is 1.14 bits per heavy atom. The van der Waals surface area contributed by atoms with Crippen molar-refractivity contribution in [1.29, 1.82) is 0 Å². The van der Waals surface area contributed by atoms with E-state index in [1.165, 1.54) is 31.1 Å². The molecule has 2 aromatic rings. The normalized spacial score (nSPS) is 24.6. The van der Waals surface area contributed by atoms with E-state index in [2.05, 4.69) is 44.3 Å². The fourth-order valence-electron chi connectivity index (χ4n) is 3.64. The summed E-state index contributed by atoms with van der Waals surface area (Å²) in [7, 11) is 0. The zero-order valence-electron chi connectivity index (χ0n) is 13.4. The summed E-state index contributed by atoms with van der Waals surface area (Å²) < 4.78 is 5.98. The lowest BCUT2D eigenvalue weighted by Gasteiger charge is -2.33. The minimum absolute atomic E-state index is 0.285. The molecule has 1 aliphatic carbocycles. The molecule has 0 saturated heterocycles. The zero-order valence-corrected chi connectivity index (χ0v) is 13.4. The van der Waals surface area contributed by atoms with Crippen LogP contribution >= 0.6 is 0 Å². The quantitative estimate of drug-likeness (QED) is 0.824. The van der Waals surface area contributed by atoms with Gasteiger partial charge in [-0.05, 0) is 43.7 Å². The maximum Gasteiger partial charge on any atom is 0.134 e. The third-order valence-electron chi connectivity index (χ3n) is 5.01. The van der Waals surface area contributed by atoms with Gasteiger partial charge in [-0.15, -0.1) is 0 Å². The Kier molecular flexibility index (Phi) is 4.34. The number of nitrogens with one attached hydrogen (secondary N) is 1. The molecule has 0 radical (unpaired) electrons. The number of hydrogen-bond acceptors (Lipinski definition) is 2. The third kappa shape index (κ3) is 3.32. The highest BCUT2D eigenvalue weighted by Gasteiger charge is 2.25. The monoisotopic (exact) mass is 285 g/mol. The van der Waals surface area contributed by atoms with Crippen molar-refractivity contribution in [2.75, 3.05) is 0 Å². The van der Waals surface area contributed by atoms with Crippen LogP contribution in [0.5, 0.6) is 0 Å². The summed E-state index contributed by atoms with van der Waals surface area (Å²) in [5.41, 5.74) is 0.991. The minimum atomic E-state index is 0.285. The van der Waals surface area contributed by atoms with Crippen molar-refractivity contribution in [3.8, 4) is 0 Å². The fraction of sp³-hybridized carbons (Fsp3) is 0.579. The van der Waals surface area contributed by atoms with Gasteiger partial charge < -0.3 is 9.73 Å². The van der Waals surface area contributed by atoms with Crippen LogP contribution in [0.15, 0.2) is 34.7 Å². The van der Waals surface area contributed by atoms with E-state index in [0.29, 0.717) is 6.04 Å². The Bertz CT molecular complexity index is 553. The number of furan rings is 1. The van der Waals surface area contributed by atoms with Crippen molar-refractivity contribution in [1.82, 2.24) is 5.32 Å². The molecule has 1 saturated carbocycles. The summed E-state index contributed by atoms with van der Waals surface area (Å²) >= 11 is 0. The first-order valence-electron chi connectivity index (χ1n) is 8.38. The summed E-state index contributed by atoms with van der Waals surface area (Å²) in [5.74, 6) is 2.73. The van der Waals surface area contributed by atoms with Gasteiger partial charge in [-0.3, -0.25) is 0 Å². The van der Waals surface area contributed by atoms with E-state index >= 15 is 0 Å². The van der Waals surface area contributed by atoms with Gasteiger partial charge in [0.05, 0.1) is 6.04 Å². The molecule has 1 N–H and O–H groups in total. The van der Waals surface area contributed by atoms with Crippen molar-refractivity contribution in [3.63, 3.8) is 0 Å². The number of para-hydroxylation sites is 1. The van der Waals surface area contributed by atoms with Crippen molar-refractivity contribution < 1.29 is 4.42 Å². The molecule has 0 aliphatic heterocycles. The van der Waals surface area contributed by atoms with Gasteiger partial charge in [-0.25, -0.2) is 0 Å². The largest absolute Gasteiger partial charge is 0.459 e. The predicted molar refractivity (Wildman–Crippen MR) is 88.3 cm³/mol. The lowest BCUT2D eigenvalue weighted by Crippen LogP contribution is -2.36. The maximum atomic E-state index is 5.98. The summed E-state index contributed by atoms with van der Waals surface area (Å²) in [5, 5.41) is 4.99. The Balaban J connectivity index is 1.66. The van der Waals surface area contributed by atoms with E-state index < -0.39 is 0 Å². The molecular weight excluding hydrogens is 258 g/mol. The second-order valence-corrected chi connectivity index (χ2v) is 6.94. The fourth-order valence-corrected chi connectivity index (χ4v) is 3.64. The molecule has 1 aromatic carbocycles. The molecule has 21 heavy (non-hydrogen) atoms. The molecule has 2 heteroatoms. The summed E-state index contributed by atoms with van der Waals surface area (Å²) in [4.78, 5) is 0. The Morgan fingerprint density at radius 2 is 1.95 bits per heavy atom. The van der Waals surface area contributed by atoms with E-state index in [4.69, 9.17) is 4.42 Å². The van der Waals surface area contributed by atoms with Crippen LogP contribution in [-0.4, -0.2) is 6.04 Å². The molecule has 3 rings (SSSR count). The number of rotatable bonds is 4.